The van der Waals surface area contributed by atoms with Gasteiger partial charge in [0.1, 0.15) is 6.33 Å². The smallest absolute Gasteiger partial charge is 0.337 e. The molecule has 0 aliphatic carbocycles. The molecule has 0 radical (unpaired) electrons. The third-order valence-electron chi connectivity index (χ3n) is 2.99. The molecule has 4 nitrogen and oxygen atoms in total. The minimum atomic E-state index is -1.10. The van der Waals surface area contributed by atoms with E-state index in [4.69, 9.17) is 11.6 Å². The van der Waals surface area contributed by atoms with E-state index in [-0.39, 0.29) is 16.3 Å². The summed E-state index contributed by atoms with van der Waals surface area (Å²) in [5, 5.41) is 9.21. The molecular formula is C14H8ClFN2O2. The first-order valence-corrected chi connectivity index (χ1v) is 6.11. The zero-order valence-corrected chi connectivity index (χ0v) is 10.8. The first-order valence-electron chi connectivity index (χ1n) is 5.73. The van der Waals surface area contributed by atoms with Gasteiger partial charge < -0.3 is 5.11 Å². The number of hydrogen-bond donors (Lipinski definition) is 1. The van der Waals surface area contributed by atoms with Crippen molar-refractivity contribution in [3.63, 3.8) is 0 Å². The molecule has 3 aromatic rings. The van der Waals surface area contributed by atoms with Gasteiger partial charge in [-0.25, -0.2) is 14.2 Å². The van der Waals surface area contributed by atoms with Crippen LogP contribution in [-0.4, -0.2) is 20.6 Å². The zero-order valence-electron chi connectivity index (χ0n) is 10.0. The molecule has 0 aliphatic heterocycles. The van der Waals surface area contributed by atoms with E-state index in [1.54, 1.807) is 18.2 Å². The fourth-order valence-electron chi connectivity index (χ4n) is 2.10. The lowest BCUT2D eigenvalue weighted by molar-refractivity contribution is 0.0698. The van der Waals surface area contributed by atoms with E-state index in [9.17, 15) is 14.3 Å². The maximum absolute atomic E-state index is 14.1. The molecule has 0 unspecified atom stereocenters. The average Bonchev–Trinajstić information content (AvgIpc) is 2.85. The topological polar surface area (TPSA) is 55.1 Å². The van der Waals surface area contributed by atoms with Crippen LogP contribution >= 0.6 is 11.6 Å². The standard InChI is InChI=1S/C14H8ClFN2O2/c15-9-4-2-6-11(12(9)16)18-7-17-10-5-1-3-8(13(10)18)14(19)20/h1-7H,(H,19,20). The van der Waals surface area contributed by atoms with Crippen molar-refractivity contribution in [3.05, 3.63) is 59.1 Å². The Kier molecular flexibility index (Phi) is 2.91. The van der Waals surface area contributed by atoms with Crippen molar-refractivity contribution in [1.82, 2.24) is 9.55 Å². The molecule has 0 aliphatic rings. The number of imidazole rings is 1. The number of benzene rings is 2. The van der Waals surface area contributed by atoms with Gasteiger partial charge in [-0.1, -0.05) is 23.7 Å². The van der Waals surface area contributed by atoms with Gasteiger partial charge in [0.25, 0.3) is 0 Å². The highest BCUT2D eigenvalue weighted by Gasteiger charge is 2.16. The molecule has 20 heavy (non-hydrogen) atoms. The molecule has 1 heterocycles. The average molecular weight is 291 g/mol. The number of carbonyl (C=O) groups is 1. The third-order valence-corrected chi connectivity index (χ3v) is 3.28. The highest BCUT2D eigenvalue weighted by molar-refractivity contribution is 6.30. The second kappa shape index (κ2) is 4.61. The number of rotatable bonds is 2. The molecule has 0 atom stereocenters. The van der Waals surface area contributed by atoms with Crippen LogP contribution in [0.3, 0.4) is 0 Å². The fourth-order valence-corrected chi connectivity index (χ4v) is 2.27. The zero-order chi connectivity index (χ0) is 14.3. The van der Waals surface area contributed by atoms with E-state index >= 15 is 0 Å². The molecule has 0 saturated heterocycles. The number of aromatic nitrogens is 2. The highest BCUT2D eigenvalue weighted by Crippen LogP contribution is 2.26. The van der Waals surface area contributed by atoms with Gasteiger partial charge in [0.15, 0.2) is 5.82 Å². The summed E-state index contributed by atoms with van der Waals surface area (Å²) in [4.78, 5) is 15.4. The third kappa shape index (κ3) is 1.83. The van der Waals surface area contributed by atoms with E-state index in [1.165, 1.54) is 29.1 Å². The Hall–Kier alpha value is -2.40. The lowest BCUT2D eigenvalue weighted by Crippen LogP contribution is -2.03. The minimum Gasteiger partial charge on any atom is -0.478 e. The monoisotopic (exact) mass is 290 g/mol. The number of halogens is 2. The lowest BCUT2D eigenvalue weighted by atomic mass is 10.1. The molecule has 2 aromatic carbocycles. The molecular weight excluding hydrogens is 283 g/mol. The Labute approximate surface area is 118 Å². The highest BCUT2D eigenvalue weighted by atomic mass is 35.5. The van der Waals surface area contributed by atoms with Crippen LogP contribution in [-0.2, 0) is 0 Å². The number of fused-ring (bicyclic) bond motifs is 1. The van der Waals surface area contributed by atoms with Crippen molar-refractivity contribution in [1.29, 1.82) is 0 Å². The normalized spacial score (nSPS) is 10.9. The molecule has 100 valence electrons. The summed E-state index contributed by atoms with van der Waals surface area (Å²) in [5.41, 5.74) is 1.03. The van der Waals surface area contributed by atoms with Crippen molar-refractivity contribution < 1.29 is 14.3 Å². The Morgan fingerprint density at radius 3 is 2.75 bits per heavy atom. The first-order chi connectivity index (χ1) is 9.59. The van der Waals surface area contributed by atoms with Crippen LogP contribution in [0.5, 0.6) is 0 Å². The van der Waals surface area contributed by atoms with Crippen LogP contribution in [0.15, 0.2) is 42.7 Å². The number of carboxylic acid groups (broad SMARTS) is 1. The number of para-hydroxylation sites is 1. The van der Waals surface area contributed by atoms with Gasteiger partial charge >= 0.3 is 5.97 Å². The van der Waals surface area contributed by atoms with Crippen molar-refractivity contribution in [3.8, 4) is 5.69 Å². The van der Waals surface area contributed by atoms with Crippen LogP contribution in [0.1, 0.15) is 10.4 Å². The van der Waals surface area contributed by atoms with Crippen LogP contribution in [0.2, 0.25) is 5.02 Å². The summed E-state index contributed by atoms with van der Waals surface area (Å²) >= 11 is 5.76. The van der Waals surface area contributed by atoms with Crippen LogP contribution < -0.4 is 0 Å². The molecule has 0 amide bonds. The van der Waals surface area contributed by atoms with Gasteiger partial charge in [-0.2, -0.15) is 0 Å². The SMILES string of the molecule is O=C(O)c1cccc2ncn(-c3cccc(Cl)c3F)c12. The van der Waals surface area contributed by atoms with E-state index in [2.05, 4.69) is 4.98 Å². The predicted octanol–water partition coefficient (Wildman–Crippen LogP) is 3.52. The second-order valence-electron chi connectivity index (χ2n) is 4.17. The predicted molar refractivity (Wildman–Crippen MR) is 73.0 cm³/mol. The maximum Gasteiger partial charge on any atom is 0.337 e. The molecule has 0 spiro atoms. The van der Waals surface area contributed by atoms with Crippen LogP contribution in [0.4, 0.5) is 4.39 Å². The molecule has 0 saturated carbocycles. The Balaban J connectivity index is 2.38. The summed E-state index contributed by atoms with van der Waals surface area (Å²) in [6.07, 6.45) is 1.38. The maximum atomic E-state index is 14.1. The fraction of sp³-hybridized carbons (Fsp3) is 0. The summed E-state index contributed by atoms with van der Waals surface area (Å²) < 4.78 is 15.5. The number of carboxylic acids is 1. The summed E-state index contributed by atoms with van der Waals surface area (Å²) in [6, 6.07) is 9.25. The van der Waals surface area contributed by atoms with E-state index in [1.807, 2.05) is 0 Å². The Morgan fingerprint density at radius 2 is 2.00 bits per heavy atom. The van der Waals surface area contributed by atoms with Crippen LogP contribution in [0.25, 0.3) is 16.7 Å². The van der Waals surface area contributed by atoms with E-state index in [0.29, 0.717) is 11.0 Å². The Morgan fingerprint density at radius 1 is 1.25 bits per heavy atom. The molecule has 0 bridgehead atoms. The quantitative estimate of drug-likeness (QED) is 0.785. The molecule has 1 aromatic heterocycles. The second-order valence-corrected chi connectivity index (χ2v) is 4.57. The number of aromatic carboxylic acids is 1. The van der Waals surface area contributed by atoms with Gasteiger partial charge in [0.2, 0.25) is 0 Å². The van der Waals surface area contributed by atoms with Crippen molar-refractivity contribution in [2.75, 3.05) is 0 Å². The number of nitrogens with zero attached hydrogens (tertiary/aromatic N) is 2. The van der Waals surface area contributed by atoms with Crippen molar-refractivity contribution in [2.45, 2.75) is 0 Å². The van der Waals surface area contributed by atoms with Gasteiger partial charge in [-0.05, 0) is 24.3 Å². The van der Waals surface area contributed by atoms with Crippen LogP contribution in [0, 0.1) is 5.82 Å². The summed E-state index contributed by atoms with van der Waals surface area (Å²) in [6.45, 7) is 0. The van der Waals surface area contributed by atoms with Gasteiger partial charge in [-0.3, -0.25) is 4.57 Å². The summed E-state index contributed by atoms with van der Waals surface area (Å²) in [5.74, 6) is -1.71. The molecule has 6 heteroatoms. The van der Waals surface area contributed by atoms with Crippen molar-refractivity contribution in [2.24, 2.45) is 0 Å². The minimum absolute atomic E-state index is 0.0304. The number of hydrogen-bond acceptors (Lipinski definition) is 2. The van der Waals surface area contributed by atoms with Gasteiger partial charge in [0, 0.05) is 0 Å². The van der Waals surface area contributed by atoms with Gasteiger partial charge in [-0.15, -0.1) is 0 Å². The first kappa shape index (κ1) is 12.6. The molecule has 1 N–H and O–H groups in total. The largest absolute Gasteiger partial charge is 0.478 e. The van der Waals surface area contributed by atoms with Gasteiger partial charge in [0.05, 0.1) is 27.3 Å². The molecule has 3 rings (SSSR count). The molecule has 0 fully saturated rings. The summed E-state index contributed by atoms with van der Waals surface area (Å²) in [7, 11) is 0. The lowest BCUT2D eigenvalue weighted by Gasteiger charge is -2.08. The van der Waals surface area contributed by atoms with E-state index in [0.717, 1.165) is 0 Å². The Bertz CT molecular complexity index is 829. The van der Waals surface area contributed by atoms with Crippen molar-refractivity contribution >= 4 is 28.6 Å². The van der Waals surface area contributed by atoms with E-state index < -0.39 is 11.8 Å².